The number of rotatable bonds is 4. The van der Waals surface area contributed by atoms with Crippen LogP contribution < -0.4 is 0 Å². The Morgan fingerprint density at radius 2 is 1.63 bits per heavy atom. The maximum Gasteiger partial charge on any atom is 0.306 e. The summed E-state index contributed by atoms with van der Waals surface area (Å²) in [6, 6.07) is 8.10. The van der Waals surface area contributed by atoms with Crippen molar-refractivity contribution in [2.45, 2.75) is 71.3 Å². The van der Waals surface area contributed by atoms with Gasteiger partial charge in [-0.1, -0.05) is 20.8 Å². The van der Waals surface area contributed by atoms with Crippen molar-refractivity contribution >= 4 is 23.4 Å². The Hall–Kier alpha value is -3.82. The lowest BCUT2D eigenvalue weighted by Gasteiger charge is -2.47. The smallest absolute Gasteiger partial charge is 0.306 e. The van der Waals surface area contributed by atoms with Gasteiger partial charge in [0, 0.05) is 36.7 Å². The molecular formula is C31H38FN5O4. The van der Waals surface area contributed by atoms with E-state index < -0.39 is 11.5 Å². The fourth-order valence-electron chi connectivity index (χ4n) is 6.10. The van der Waals surface area contributed by atoms with Gasteiger partial charge in [0.05, 0.1) is 23.3 Å². The first-order chi connectivity index (χ1) is 19.2. The highest BCUT2D eigenvalue weighted by Crippen LogP contribution is 2.33. The molecule has 1 N–H and O–H groups in total. The quantitative estimate of drug-likeness (QED) is 0.489. The molecule has 2 fully saturated rings. The number of aliphatic carboxylic acids is 1. The maximum atomic E-state index is 13.8. The summed E-state index contributed by atoms with van der Waals surface area (Å²) in [5.74, 6) is -1.81. The number of hydrogen-bond acceptors (Lipinski definition) is 5. The molecule has 1 saturated heterocycles. The van der Waals surface area contributed by atoms with Crippen LogP contribution in [0.1, 0.15) is 76.4 Å². The summed E-state index contributed by atoms with van der Waals surface area (Å²) >= 11 is 0. The molecule has 2 aromatic heterocycles. The summed E-state index contributed by atoms with van der Waals surface area (Å²) in [6.07, 6.45) is 3.86. The first-order valence-electron chi connectivity index (χ1n) is 14.2. The van der Waals surface area contributed by atoms with Crippen molar-refractivity contribution in [2.24, 2.45) is 11.8 Å². The van der Waals surface area contributed by atoms with Gasteiger partial charge in [0.15, 0.2) is 5.65 Å². The summed E-state index contributed by atoms with van der Waals surface area (Å²) in [5, 5.41) is 14.0. The molecule has 218 valence electrons. The highest BCUT2D eigenvalue weighted by atomic mass is 19.1. The summed E-state index contributed by atoms with van der Waals surface area (Å²) < 4.78 is 15.2. The normalized spacial score (nSPS) is 21.2. The first-order valence-corrected chi connectivity index (χ1v) is 14.2. The number of fused-ring (bicyclic) bond motifs is 1. The van der Waals surface area contributed by atoms with E-state index in [4.69, 9.17) is 10.1 Å². The topological polar surface area (TPSA) is 108 Å². The molecule has 1 aliphatic heterocycles. The number of hydrogen-bond donors (Lipinski definition) is 1. The van der Waals surface area contributed by atoms with Gasteiger partial charge in [-0.15, -0.1) is 0 Å². The van der Waals surface area contributed by atoms with E-state index in [0.29, 0.717) is 56.7 Å². The first kappa shape index (κ1) is 28.7. The minimum absolute atomic E-state index is 0.0501. The molecule has 0 unspecified atom stereocenters. The van der Waals surface area contributed by atoms with Crippen LogP contribution >= 0.6 is 0 Å². The number of carboxylic acids is 1. The zero-order chi connectivity index (χ0) is 29.7. The van der Waals surface area contributed by atoms with Crippen LogP contribution in [0.4, 0.5) is 4.39 Å². The van der Waals surface area contributed by atoms with Gasteiger partial charge in [0.2, 0.25) is 5.91 Å². The van der Waals surface area contributed by atoms with Crippen molar-refractivity contribution in [3.05, 3.63) is 53.6 Å². The molecule has 1 saturated carbocycles. The van der Waals surface area contributed by atoms with Crippen molar-refractivity contribution in [1.82, 2.24) is 24.4 Å². The predicted octanol–water partition coefficient (Wildman–Crippen LogP) is 4.79. The number of benzene rings is 1. The predicted molar refractivity (Wildman–Crippen MR) is 152 cm³/mol. The Morgan fingerprint density at radius 1 is 1.00 bits per heavy atom. The van der Waals surface area contributed by atoms with Gasteiger partial charge in [-0.25, -0.2) is 13.9 Å². The number of halogens is 1. The molecular weight excluding hydrogens is 525 g/mol. The van der Waals surface area contributed by atoms with Crippen LogP contribution in [0.25, 0.3) is 16.9 Å². The summed E-state index contributed by atoms with van der Waals surface area (Å²) in [6.45, 7) is 11.3. The fraction of sp³-hybridized carbons (Fsp3) is 0.516. The molecule has 3 aromatic rings. The minimum Gasteiger partial charge on any atom is -0.481 e. The van der Waals surface area contributed by atoms with Gasteiger partial charge in [0.25, 0.3) is 5.91 Å². The van der Waals surface area contributed by atoms with E-state index in [1.165, 1.54) is 12.1 Å². The Kier molecular flexibility index (Phi) is 7.38. The molecule has 3 heterocycles. The van der Waals surface area contributed by atoms with E-state index in [1.54, 1.807) is 27.7 Å². The molecule has 1 aliphatic carbocycles. The highest BCUT2D eigenvalue weighted by Gasteiger charge is 2.41. The number of amides is 2. The van der Waals surface area contributed by atoms with Crippen LogP contribution in [0.3, 0.4) is 0 Å². The molecule has 0 atom stereocenters. The van der Waals surface area contributed by atoms with Crippen LogP contribution in [0.2, 0.25) is 0 Å². The van der Waals surface area contributed by atoms with E-state index in [9.17, 15) is 23.9 Å². The molecule has 0 bridgehead atoms. The maximum absolute atomic E-state index is 13.8. The number of imidazole rings is 1. The van der Waals surface area contributed by atoms with E-state index in [0.717, 1.165) is 11.1 Å². The second-order valence-corrected chi connectivity index (χ2v) is 13.0. The van der Waals surface area contributed by atoms with Crippen molar-refractivity contribution in [3.63, 3.8) is 0 Å². The van der Waals surface area contributed by atoms with Gasteiger partial charge in [0.1, 0.15) is 11.5 Å². The Bertz CT molecular complexity index is 1480. The largest absolute Gasteiger partial charge is 0.481 e. The third kappa shape index (κ3) is 5.69. The Labute approximate surface area is 239 Å². The molecule has 9 nitrogen and oxygen atoms in total. The van der Waals surface area contributed by atoms with Crippen molar-refractivity contribution < 1.29 is 23.9 Å². The zero-order valence-corrected chi connectivity index (χ0v) is 24.4. The molecule has 0 spiro atoms. The third-order valence-corrected chi connectivity index (χ3v) is 8.48. The van der Waals surface area contributed by atoms with Gasteiger partial charge < -0.3 is 14.9 Å². The van der Waals surface area contributed by atoms with Crippen LogP contribution in [0.5, 0.6) is 0 Å². The molecule has 1 aromatic carbocycles. The second-order valence-electron chi connectivity index (χ2n) is 13.0. The number of aromatic nitrogens is 3. The van der Waals surface area contributed by atoms with Crippen LogP contribution in [0.15, 0.2) is 36.5 Å². The van der Waals surface area contributed by atoms with Crippen molar-refractivity contribution in [3.8, 4) is 11.3 Å². The minimum atomic E-state index is -0.785. The molecule has 2 amide bonds. The van der Waals surface area contributed by atoms with E-state index in [-0.39, 0.29) is 40.6 Å². The third-order valence-electron chi connectivity index (χ3n) is 8.48. The van der Waals surface area contributed by atoms with E-state index in [2.05, 4.69) is 20.8 Å². The lowest BCUT2D eigenvalue weighted by atomic mass is 9.81. The Morgan fingerprint density at radius 3 is 2.22 bits per heavy atom. The number of carboxylic acid groups (broad SMARTS) is 1. The van der Waals surface area contributed by atoms with Gasteiger partial charge in [-0.2, -0.15) is 5.10 Å². The van der Waals surface area contributed by atoms with Gasteiger partial charge in [-0.3, -0.25) is 14.4 Å². The molecule has 0 radical (unpaired) electrons. The van der Waals surface area contributed by atoms with Crippen molar-refractivity contribution in [2.75, 3.05) is 19.6 Å². The van der Waals surface area contributed by atoms with Gasteiger partial charge in [-0.05, 0) is 75.3 Å². The summed E-state index contributed by atoms with van der Waals surface area (Å²) in [4.78, 5) is 46.8. The highest BCUT2D eigenvalue weighted by molar-refractivity contribution is 5.94. The molecule has 2 aliphatic rings. The lowest BCUT2D eigenvalue weighted by molar-refractivity contribution is -0.147. The average molecular weight is 564 g/mol. The SMILES string of the molecule is CC(C)(C)c1cc(-c2ccc(F)cc2)nn2cc(C(=O)N3CCN(C(=O)[C@H]4CC[C@@H](C(=O)O)CC4)CC3(C)C)nc12. The monoisotopic (exact) mass is 563 g/mol. The van der Waals surface area contributed by atoms with Crippen LogP contribution in [-0.2, 0) is 15.0 Å². The molecule has 10 heteroatoms. The number of carbonyl (C=O) groups excluding carboxylic acids is 2. The van der Waals surface area contributed by atoms with Gasteiger partial charge >= 0.3 is 5.97 Å². The standard InChI is InChI=1S/C31H38FN5O4/c1-30(2,3)23-16-24(19-10-12-22(32)13-11-19)34-37-17-25(33-26(23)37)28(39)36-15-14-35(18-31(36,4)5)27(38)20-6-8-21(9-7-20)29(40)41/h10-13,16-17,20-21H,6-9,14-15,18H2,1-5H3,(H,40,41)/t20-,21+. The lowest BCUT2D eigenvalue weighted by Crippen LogP contribution is -2.62. The summed E-state index contributed by atoms with van der Waals surface area (Å²) in [7, 11) is 0. The second kappa shape index (κ2) is 10.5. The average Bonchev–Trinajstić information content (AvgIpc) is 3.35. The number of nitrogens with zero attached hydrogens (tertiary/aromatic N) is 5. The van der Waals surface area contributed by atoms with Crippen LogP contribution in [-0.4, -0.2) is 72.5 Å². The molecule has 41 heavy (non-hydrogen) atoms. The van der Waals surface area contributed by atoms with E-state index in [1.807, 2.05) is 24.8 Å². The Balaban J connectivity index is 1.37. The van der Waals surface area contributed by atoms with E-state index >= 15 is 0 Å². The van der Waals surface area contributed by atoms with Crippen LogP contribution in [0, 0.1) is 17.7 Å². The summed E-state index contributed by atoms with van der Waals surface area (Å²) in [5.41, 5.74) is 2.29. The van der Waals surface area contributed by atoms with Crippen molar-refractivity contribution in [1.29, 1.82) is 0 Å². The number of piperazine rings is 1. The fourth-order valence-corrected chi connectivity index (χ4v) is 6.10. The zero-order valence-electron chi connectivity index (χ0n) is 24.4. The number of carbonyl (C=O) groups is 3. The molecule has 5 rings (SSSR count).